The van der Waals surface area contributed by atoms with Crippen molar-refractivity contribution in [2.45, 2.75) is 26.4 Å². The monoisotopic (exact) mass is 533 g/mol. The molecule has 39 heavy (non-hydrogen) atoms. The zero-order valence-electron chi connectivity index (χ0n) is 21.9. The second-order valence-corrected chi connectivity index (χ2v) is 10.6. The molecule has 0 saturated carbocycles. The molecule has 1 aliphatic rings. The lowest BCUT2D eigenvalue weighted by Gasteiger charge is -2.24. The molecule has 1 aliphatic heterocycles. The Kier molecular flexibility index (Phi) is 6.37. The molecular weight excluding hydrogens is 506 g/mol. The first-order valence-electron chi connectivity index (χ1n) is 12.8. The van der Waals surface area contributed by atoms with Gasteiger partial charge in [0.15, 0.2) is 4.80 Å². The molecule has 0 aliphatic carbocycles. The van der Waals surface area contributed by atoms with Gasteiger partial charge in [-0.1, -0.05) is 90.2 Å². The standard InChI is InChI=1S/C32H27N3O3S/c1-20-28(31(37)38-3)29(23-14-8-5-9-15-23)35-30(36)27(39-32(35)33-20)18-25-21(2)34(19-22-12-6-4-7-13-22)26-17-11-10-16-24(25)26/h4-18,29H,19H2,1-3H3. The first kappa shape index (κ1) is 24.8. The van der Waals surface area contributed by atoms with Crippen LogP contribution in [0.4, 0.5) is 0 Å². The first-order valence-corrected chi connectivity index (χ1v) is 13.6. The van der Waals surface area contributed by atoms with E-state index < -0.39 is 12.0 Å². The summed E-state index contributed by atoms with van der Waals surface area (Å²) in [7, 11) is 1.35. The molecule has 6 nitrogen and oxygen atoms in total. The number of hydrogen-bond donors (Lipinski definition) is 0. The molecule has 1 unspecified atom stereocenters. The van der Waals surface area contributed by atoms with E-state index in [0.717, 1.165) is 34.3 Å². The van der Waals surface area contributed by atoms with Crippen molar-refractivity contribution in [2.24, 2.45) is 4.99 Å². The molecule has 0 N–H and O–H groups in total. The zero-order valence-corrected chi connectivity index (χ0v) is 22.7. The van der Waals surface area contributed by atoms with Crippen LogP contribution in [-0.4, -0.2) is 22.2 Å². The topological polar surface area (TPSA) is 65.6 Å². The van der Waals surface area contributed by atoms with Crippen LogP contribution < -0.4 is 14.9 Å². The summed E-state index contributed by atoms with van der Waals surface area (Å²) < 4.78 is 9.59. The van der Waals surface area contributed by atoms with Crippen molar-refractivity contribution < 1.29 is 9.53 Å². The summed E-state index contributed by atoms with van der Waals surface area (Å²) in [4.78, 5) is 32.1. The Bertz CT molecular complexity index is 1930. The molecular formula is C32H27N3O3S. The van der Waals surface area contributed by atoms with Crippen molar-refractivity contribution in [3.05, 3.63) is 138 Å². The Morgan fingerprint density at radius 2 is 1.64 bits per heavy atom. The van der Waals surface area contributed by atoms with Crippen LogP contribution in [0.2, 0.25) is 0 Å². The molecule has 0 amide bonds. The van der Waals surface area contributed by atoms with Crippen molar-refractivity contribution in [3.8, 4) is 0 Å². The van der Waals surface area contributed by atoms with E-state index in [9.17, 15) is 9.59 Å². The fourth-order valence-corrected chi connectivity index (χ4v) is 6.41. The third kappa shape index (κ3) is 4.25. The van der Waals surface area contributed by atoms with Crippen LogP contribution in [0.5, 0.6) is 0 Å². The number of para-hydroxylation sites is 1. The maximum absolute atomic E-state index is 14.0. The van der Waals surface area contributed by atoms with Crippen LogP contribution in [0.3, 0.4) is 0 Å². The van der Waals surface area contributed by atoms with Gasteiger partial charge in [0, 0.05) is 28.7 Å². The van der Waals surface area contributed by atoms with Gasteiger partial charge in [-0.3, -0.25) is 9.36 Å². The van der Waals surface area contributed by atoms with Gasteiger partial charge < -0.3 is 9.30 Å². The molecule has 3 heterocycles. The van der Waals surface area contributed by atoms with Crippen molar-refractivity contribution in [3.63, 3.8) is 0 Å². The Morgan fingerprint density at radius 1 is 0.974 bits per heavy atom. The van der Waals surface area contributed by atoms with Gasteiger partial charge in [0.1, 0.15) is 0 Å². The zero-order chi connectivity index (χ0) is 27.1. The van der Waals surface area contributed by atoms with E-state index in [2.05, 4.69) is 40.7 Å². The van der Waals surface area contributed by atoms with E-state index in [4.69, 9.17) is 4.74 Å². The molecule has 194 valence electrons. The highest BCUT2D eigenvalue weighted by atomic mass is 32.1. The summed E-state index contributed by atoms with van der Waals surface area (Å²) in [5, 5.41) is 1.09. The normalized spacial score (nSPS) is 15.4. The van der Waals surface area contributed by atoms with Gasteiger partial charge in [-0.25, -0.2) is 9.79 Å². The number of allylic oxidation sites excluding steroid dienone is 1. The summed E-state index contributed by atoms with van der Waals surface area (Å²) in [6.45, 7) is 4.62. The number of ether oxygens (including phenoxy) is 1. The summed E-state index contributed by atoms with van der Waals surface area (Å²) in [5.41, 5.74) is 5.99. The first-order chi connectivity index (χ1) is 19.0. The summed E-state index contributed by atoms with van der Waals surface area (Å²) in [6, 6.07) is 27.6. The quantitative estimate of drug-likeness (QED) is 0.307. The maximum atomic E-state index is 14.0. The largest absolute Gasteiger partial charge is 0.466 e. The van der Waals surface area contributed by atoms with E-state index in [-0.39, 0.29) is 5.56 Å². The predicted octanol–water partition coefficient (Wildman–Crippen LogP) is 4.72. The molecule has 7 heteroatoms. The van der Waals surface area contributed by atoms with E-state index in [1.807, 2.05) is 66.7 Å². The Labute approximate surface area is 229 Å². The molecule has 5 aromatic rings. The second-order valence-electron chi connectivity index (χ2n) is 9.57. The lowest BCUT2D eigenvalue weighted by molar-refractivity contribution is -0.136. The van der Waals surface area contributed by atoms with Crippen molar-refractivity contribution in [2.75, 3.05) is 7.11 Å². The number of carbonyl (C=O) groups is 1. The number of aromatic nitrogens is 2. The molecule has 0 bridgehead atoms. The lowest BCUT2D eigenvalue weighted by atomic mass is 9.96. The van der Waals surface area contributed by atoms with E-state index in [0.29, 0.717) is 20.6 Å². The number of fused-ring (bicyclic) bond motifs is 2. The minimum atomic E-state index is -0.613. The number of carbonyl (C=O) groups excluding carboxylic acids is 1. The van der Waals surface area contributed by atoms with Gasteiger partial charge in [0.25, 0.3) is 5.56 Å². The van der Waals surface area contributed by atoms with Gasteiger partial charge in [0.05, 0.1) is 29.0 Å². The van der Waals surface area contributed by atoms with Gasteiger partial charge in [-0.15, -0.1) is 0 Å². The minimum absolute atomic E-state index is 0.180. The third-order valence-corrected chi connectivity index (χ3v) is 8.26. The fraction of sp³-hybridized carbons (Fsp3) is 0.156. The van der Waals surface area contributed by atoms with Crippen LogP contribution in [0.1, 0.15) is 35.3 Å². The van der Waals surface area contributed by atoms with Crippen molar-refractivity contribution >= 4 is 34.3 Å². The van der Waals surface area contributed by atoms with Gasteiger partial charge in [-0.05, 0) is 37.1 Å². The number of hydrogen-bond acceptors (Lipinski definition) is 5. The molecule has 1 atom stereocenters. The Hall–Kier alpha value is -4.49. The molecule has 0 saturated heterocycles. The average molecular weight is 534 g/mol. The number of esters is 1. The predicted molar refractivity (Wildman–Crippen MR) is 154 cm³/mol. The summed E-state index contributed by atoms with van der Waals surface area (Å²) in [5.74, 6) is -0.487. The summed E-state index contributed by atoms with van der Waals surface area (Å²) >= 11 is 1.34. The lowest BCUT2D eigenvalue weighted by Crippen LogP contribution is -2.39. The van der Waals surface area contributed by atoms with Gasteiger partial charge in [-0.2, -0.15) is 0 Å². The molecule has 0 radical (unpaired) electrons. The fourth-order valence-electron chi connectivity index (χ4n) is 5.38. The number of thiazole rings is 1. The average Bonchev–Trinajstić information content (AvgIpc) is 3.41. The number of nitrogens with zero attached hydrogens (tertiary/aromatic N) is 3. The molecule has 0 spiro atoms. The van der Waals surface area contributed by atoms with Crippen LogP contribution >= 0.6 is 11.3 Å². The molecule has 3 aromatic carbocycles. The Morgan fingerprint density at radius 3 is 2.36 bits per heavy atom. The number of benzene rings is 3. The third-order valence-electron chi connectivity index (χ3n) is 7.28. The van der Waals surface area contributed by atoms with Gasteiger partial charge in [0.2, 0.25) is 0 Å². The van der Waals surface area contributed by atoms with Crippen LogP contribution in [0.25, 0.3) is 17.0 Å². The van der Waals surface area contributed by atoms with Crippen LogP contribution in [-0.2, 0) is 16.1 Å². The van der Waals surface area contributed by atoms with Crippen molar-refractivity contribution in [1.82, 2.24) is 9.13 Å². The van der Waals surface area contributed by atoms with Crippen LogP contribution in [0, 0.1) is 6.92 Å². The van der Waals surface area contributed by atoms with Crippen molar-refractivity contribution in [1.29, 1.82) is 0 Å². The molecule has 6 rings (SSSR count). The van der Waals surface area contributed by atoms with E-state index in [1.165, 1.54) is 24.0 Å². The smallest absolute Gasteiger partial charge is 0.338 e. The number of rotatable bonds is 5. The molecule has 0 fully saturated rings. The van der Waals surface area contributed by atoms with E-state index >= 15 is 0 Å². The van der Waals surface area contributed by atoms with E-state index in [1.54, 1.807) is 11.5 Å². The number of methoxy groups -OCH3 is 1. The molecule has 2 aromatic heterocycles. The van der Waals surface area contributed by atoms with Gasteiger partial charge >= 0.3 is 5.97 Å². The van der Waals surface area contributed by atoms with Crippen LogP contribution in [0.15, 0.2) is 106 Å². The SMILES string of the molecule is COC(=O)C1=C(C)N=c2sc(=Cc3c(C)n(Cc4ccccc4)c4ccccc34)c(=O)n2C1c1ccccc1. The highest BCUT2D eigenvalue weighted by Gasteiger charge is 2.33. The maximum Gasteiger partial charge on any atom is 0.338 e. The highest BCUT2D eigenvalue weighted by Crippen LogP contribution is 2.31. The summed E-state index contributed by atoms with van der Waals surface area (Å²) in [6.07, 6.45) is 1.97. The highest BCUT2D eigenvalue weighted by molar-refractivity contribution is 7.07. The second kappa shape index (κ2) is 10.0. The Balaban J connectivity index is 1.56. The minimum Gasteiger partial charge on any atom is -0.466 e.